The Hall–Kier alpha value is -2.25. The van der Waals surface area contributed by atoms with Crippen LogP contribution >= 0.6 is 0 Å². The predicted octanol–water partition coefficient (Wildman–Crippen LogP) is 2.89. The molecule has 1 saturated heterocycles. The van der Waals surface area contributed by atoms with Crippen molar-refractivity contribution in [1.29, 1.82) is 0 Å². The smallest absolute Gasteiger partial charge is 0.354 e. The molecule has 2 N–H and O–H groups in total. The first-order valence-electron chi connectivity index (χ1n) is 9.24. The van der Waals surface area contributed by atoms with E-state index in [1.807, 2.05) is 0 Å². The van der Waals surface area contributed by atoms with Gasteiger partial charge >= 0.3 is 6.18 Å². The lowest BCUT2D eigenvalue weighted by Crippen LogP contribution is -2.44. The van der Waals surface area contributed by atoms with E-state index in [1.165, 1.54) is 37.8 Å². The quantitative estimate of drug-likeness (QED) is 0.478. The number of nitrogens with one attached hydrogen (secondary N) is 2. The lowest BCUT2D eigenvalue weighted by atomic mass is 9.68. The number of carbonyl (C=O) groups excluding carboxylic acids is 1. The van der Waals surface area contributed by atoms with Crippen LogP contribution in [-0.2, 0) is 6.18 Å². The summed E-state index contributed by atoms with van der Waals surface area (Å²) in [5, 5.41) is 5.96. The molecule has 2 fully saturated rings. The van der Waals surface area contributed by atoms with E-state index in [1.54, 1.807) is 7.05 Å². The Balaban J connectivity index is 1.42. The van der Waals surface area contributed by atoms with Gasteiger partial charge in [0.25, 0.3) is 5.91 Å². The molecule has 2 aliphatic rings. The summed E-state index contributed by atoms with van der Waals surface area (Å²) in [6, 6.07) is 4.21. The first-order chi connectivity index (χ1) is 12.8. The van der Waals surface area contributed by atoms with E-state index in [2.05, 4.69) is 20.5 Å². The van der Waals surface area contributed by atoms with Crippen molar-refractivity contribution in [2.24, 2.45) is 10.4 Å². The van der Waals surface area contributed by atoms with Crippen LogP contribution in [0.3, 0.4) is 0 Å². The van der Waals surface area contributed by atoms with Crippen LogP contribution in [0.2, 0.25) is 0 Å². The molecule has 1 heterocycles. The fourth-order valence-corrected chi connectivity index (χ4v) is 3.80. The molecular formula is C19H25F3N4O. The molecule has 0 bridgehead atoms. The number of nitrogens with zero attached hydrogens (tertiary/aromatic N) is 2. The molecule has 1 aliphatic carbocycles. The lowest BCUT2D eigenvalue weighted by molar-refractivity contribution is -0.137. The van der Waals surface area contributed by atoms with Crippen molar-refractivity contribution in [3.8, 4) is 0 Å². The highest BCUT2D eigenvalue weighted by Gasteiger charge is 2.43. The molecule has 0 unspecified atom stereocenters. The summed E-state index contributed by atoms with van der Waals surface area (Å²) in [4.78, 5) is 18.6. The Morgan fingerprint density at radius 1 is 1.15 bits per heavy atom. The minimum absolute atomic E-state index is 0.207. The van der Waals surface area contributed by atoms with Crippen LogP contribution in [0.15, 0.2) is 29.3 Å². The highest BCUT2D eigenvalue weighted by molar-refractivity contribution is 5.94. The summed E-state index contributed by atoms with van der Waals surface area (Å²) in [7, 11) is 1.74. The SMILES string of the molecule is CN=C(NCCNC(=O)c1ccc(C(F)(F)F)cc1)N1CCC2(CCC2)C1. The molecule has 3 rings (SSSR count). The summed E-state index contributed by atoms with van der Waals surface area (Å²) in [6.45, 7) is 2.89. The fourth-order valence-electron chi connectivity index (χ4n) is 3.80. The molecule has 1 aliphatic heterocycles. The molecule has 8 heteroatoms. The Morgan fingerprint density at radius 3 is 2.33 bits per heavy atom. The highest BCUT2D eigenvalue weighted by Crippen LogP contribution is 2.47. The van der Waals surface area contributed by atoms with E-state index >= 15 is 0 Å². The van der Waals surface area contributed by atoms with Gasteiger partial charge in [0, 0.05) is 38.8 Å². The molecule has 1 aromatic rings. The average molecular weight is 382 g/mol. The number of rotatable bonds is 4. The van der Waals surface area contributed by atoms with Crippen LogP contribution in [-0.4, -0.2) is 50.0 Å². The summed E-state index contributed by atoms with van der Waals surface area (Å²) < 4.78 is 37.7. The molecular weight excluding hydrogens is 357 g/mol. The molecule has 1 spiro atoms. The van der Waals surface area contributed by atoms with Gasteiger partial charge in [0.1, 0.15) is 0 Å². The number of halogens is 3. The summed E-state index contributed by atoms with van der Waals surface area (Å²) >= 11 is 0. The predicted molar refractivity (Wildman–Crippen MR) is 97.6 cm³/mol. The van der Waals surface area contributed by atoms with Crippen molar-refractivity contribution in [2.75, 3.05) is 33.2 Å². The standard InChI is InChI=1S/C19H25F3N4O/c1-23-17(26-12-9-18(13-26)7-2-8-18)25-11-10-24-16(27)14-3-5-15(6-4-14)19(20,21)22/h3-6H,2,7-13H2,1H3,(H,23,25)(H,24,27). The molecule has 1 aromatic carbocycles. The van der Waals surface area contributed by atoms with Gasteiger partial charge < -0.3 is 15.5 Å². The van der Waals surface area contributed by atoms with Crippen molar-refractivity contribution in [1.82, 2.24) is 15.5 Å². The Morgan fingerprint density at radius 2 is 1.81 bits per heavy atom. The van der Waals surface area contributed by atoms with Crippen molar-refractivity contribution in [3.05, 3.63) is 35.4 Å². The molecule has 27 heavy (non-hydrogen) atoms. The largest absolute Gasteiger partial charge is 0.416 e. The third kappa shape index (κ3) is 4.54. The molecule has 1 amide bonds. The van der Waals surface area contributed by atoms with Gasteiger partial charge in [-0.3, -0.25) is 9.79 Å². The maximum atomic E-state index is 12.6. The topological polar surface area (TPSA) is 56.7 Å². The fraction of sp³-hybridized carbons (Fsp3) is 0.579. The number of benzene rings is 1. The van der Waals surface area contributed by atoms with Crippen molar-refractivity contribution in [2.45, 2.75) is 31.9 Å². The molecule has 1 saturated carbocycles. The number of likely N-dealkylation sites (tertiary alicyclic amines) is 1. The molecule has 0 atom stereocenters. The Bertz CT molecular complexity index is 696. The first-order valence-corrected chi connectivity index (χ1v) is 9.24. The normalized spacial score (nSPS) is 19.1. The molecule has 148 valence electrons. The maximum absolute atomic E-state index is 12.6. The molecule has 0 radical (unpaired) electrons. The number of amides is 1. The number of hydrogen-bond donors (Lipinski definition) is 2. The van der Waals surface area contributed by atoms with E-state index < -0.39 is 17.6 Å². The Kier molecular flexibility index (Phi) is 5.62. The zero-order valence-corrected chi connectivity index (χ0v) is 15.4. The molecule has 0 aromatic heterocycles. The van der Waals surface area contributed by atoms with Crippen molar-refractivity contribution in [3.63, 3.8) is 0 Å². The van der Waals surface area contributed by atoms with Gasteiger partial charge in [-0.05, 0) is 48.9 Å². The summed E-state index contributed by atoms with van der Waals surface area (Å²) in [5.41, 5.74) is -0.0766. The summed E-state index contributed by atoms with van der Waals surface area (Å²) in [6.07, 6.45) is 0.712. The van der Waals surface area contributed by atoms with Gasteiger partial charge in [-0.15, -0.1) is 0 Å². The van der Waals surface area contributed by atoms with Gasteiger partial charge in [-0.2, -0.15) is 13.2 Å². The van der Waals surface area contributed by atoms with E-state index in [-0.39, 0.29) is 5.56 Å². The van der Waals surface area contributed by atoms with Crippen LogP contribution < -0.4 is 10.6 Å². The second kappa shape index (κ2) is 7.78. The van der Waals surface area contributed by atoms with Crippen LogP contribution in [0.25, 0.3) is 0 Å². The van der Waals surface area contributed by atoms with Gasteiger partial charge in [0.15, 0.2) is 5.96 Å². The average Bonchev–Trinajstić information content (AvgIpc) is 3.07. The Labute approximate surface area is 157 Å². The molecule has 5 nitrogen and oxygen atoms in total. The summed E-state index contributed by atoms with van der Waals surface area (Å²) in [5.74, 6) is 0.442. The van der Waals surface area contributed by atoms with Crippen molar-refractivity contribution >= 4 is 11.9 Å². The van der Waals surface area contributed by atoms with Crippen molar-refractivity contribution < 1.29 is 18.0 Å². The van der Waals surface area contributed by atoms with Crippen LogP contribution in [0.4, 0.5) is 13.2 Å². The number of aliphatic imine (C=N–C) groups is 1. The van der Waals surface area contributed by atoms with E-state index in [9.17, 15) is 18.0 Å². The zero-order chi connectivity index (χ0) is 19.5. The minimum atomic E-state index is -4.40. The number of hydrogen-bond acceptors (Lipinski definition) is 2. The van der Waals surface area contributed by atoms with Gasteiger partial charge in [-0.1, -0.05) is 6.42 Å². The third-order valence-electron chi connectivity index (χ3n) is 5.53. The highest BCUT2D eigenvalue weighted by atomic mass is 19.4. The van der Waals surface area contributed by atoms with Gasteiger partial charge in [0.05, 0.1) is 5.56 Å². The maximum Gasteiger partial charge on any atom is 0.416 e. The third-order valence-corrected chi connectivity index (χ3v) is 5.53. The lowest BCUT2D eigenvalue weighted by Gasteiger charge is -2.38. The van der Waals surface area contributed by atoms with E-state index in [4.69, 9.17) is 0 Å². The first kappa shape index (κ1) is 19.5. The van der Waals surface area contributed by atoms with E-state index in [0.29, 0.717) is 18.5 Å². The monoisotopic (exact) mass is 382 g/mol. The number of alkyl halides is 3. The second-order valence-corrected chi connectivity index (χ2v) is 7.33. The number of carbonyl (C=O) groups is 1. The van der Waals surface area contributed by atoms with Crippen LogP contribution in [0.1, 0.15) is 41.6 Å². The van der Waals surface area contributed by atoms with Crippen LogP contribution in [0, 0.1) is 5.41 Å². The van der Waals surface area contributed by atoms with Gasteiger partial charge in [0.2, 0.25) is 0 Å². The zero-order valence-electron chi connectivity index (χ0n) is 15.4. The van der Waals surface area contributed by atoms with E-state index in [0.717, 1.165) is 31.2 Å². The van der Waals surface area contributed by atoms with Gasteiger partial charge in [-0.25, -0.2) is 0 Å². The second-order valence-electron chi connectivity index (χ2n) is 7.33. The minimum Gasteiger partial charge on any atom is -0.354 e. The number of guanidine groups is 1. The van der Waals surface area contributed by atoms with Crippen LogP contribution in [0.5, 0.6) is 0 Å².